The van der Waals surface area contributed by atoms with Crippen LogP contribution in [0.3, 0.4) is 0 Å². The van der Waals surface area contributed by atoms with Crippen LogP contribution in [0.1, 0.15) is 32.2 Å². The zero-order valence-electron chi connectivity index (χ0n) is 13.1. The van der Waals surface area contributed by atoms with Crippen molar-refractivity contribution in [1.29, 1.82) is 0 Å². The van der Waals surface area contributed by atoms with Gasteiger partial charge in [0.15, 0.2) is 0 Å². The Morgan fingerprint density at radius 2 is 1.76 bits per heavy atom. The molecule has 5 heteroatoms. The largest absolute Gasteiger partial charge is 0.442 e. The van der Waals surface area contributed by atoms with Crippen LogP contribution in [0.4, 0.5) is 10.5 Å². The smallest absolute Gasteiger partial charge is 0.435 e. The number of nitrogen functional groups attached to an aromatic ring is 1. The Morgan fingerprint density at radius 3 is 2.29 bits per heavy atom. The van der Waals surface area contributed by atoms with Gasteiger partial charge in [0.1, 0.15) is 5.60 Å². The second kappa shape index (κ2) is 5.24. The zero-order chi connectivity index (χ0) is 15.8. The summed E-state index contributed by atoms with van der Waals surface area (Å²) in [5, 5.41) is 4.30. The molecule has 2 aromatic rings. The monoisotopic (exact) mass is 287 g/mol. The molecular weight excluding hydrogens is 266 g/mol. The molecule has 2 rings (SSSR count). The summed E-state index contributed by atoms with van der Waals surface area (Å²) in [5.74, 6) is 0. The third-order valence-corrected chi connectivity index (χ3v) is 3.06. The topological polar surface area (TPSA) is 70.1 Å². The van der Waals surface area contributed by atoms with Crippen LogP contribution in [0.5, 0.6) is 0 Å². The third kappa shape index (κ3) is 3.24. The van der Waals surface area contributed by atoms with Crippen molar-refractivity contribution in [1.82, 2.24) is 9.78 Å². The molecule has 1 heterocycles. The van der Waals surface area contributed by atoms with E-state index in [1.54, 1.807) is 0 Å². The van der Waals surface area contributed by atoms with Gasteiger partial charge in [-0.05, 0) is 52.3 Å². The van der Waals surface area contributed by atoms with E-state index in [0.29, 0.717) is 5.69 Å². The third-order valence-electron chi connectivity index (χ3n) is 3.06. The minimum absolute atomic E-state index is 0.468. The van der Waals surface area contributed by atoms with Crippen LogP contribution < -0.4 is 5.73 Å². The summed E-state index contributed by atoms with van der Waals surface area (Å²) >= 11 is 0. The number of carbonyl (C=O) groups is 1. The predicted molar refractivity (Wildman–Crippen MR) is 83.2 cm³/mol. The summed E-state index contributed by atoms with van der Waals surface area (Å²) in [7, 11) is 0. The van der Waals surface area contributed by atoms with Gasteiger partial charge < -0.3 is 10.5 Å². The number of nitrogens with two attached hydrogens (primary N) is 1. The number of nitrogens with zero attached hydrogens (tertiary/aromatic N) is 2. The van der Waals surface area contributed by atoms with Gasteiger partial charge in [-0.25, -0.2) is 4.79 Å². The molecule has 0 spiro atoms. The number of ether oxygens (including phenoxy) is 1. The SMILES string of the molecule is Cc1nn(C(=O)OC(C)(C)C)c(C)c1-c1ccc(N)cc1. The van der Waals surface area contributed by atoms with Crippen LogP contribution in [0.25, 0.3) is 11.1 Å². The van der Waals surface area contributed by atoms with E-state index in [2.05, 4.69) is 5.10 Å². The fourth-order valence-corrected chi connectivity index (χ4v) is 2.19. The molecule has 0 unspecified atom stereocenters. The molecule has 0 aliphatic heterocycles. The van der Waals surface area contributed by atoms with Gasteiger partial charge in [-0.2, -0.15) is 9.78 Å². The molecule has 0 atom stereocenters. The van der Waals surface area contributed by atoms with Gasteiger partial charge in [0, 0.05) is 11.3 Å². The molecule has 0 fully saturated rings. The molecule has 2 N–H and O–H groups in total. The summed E-state index contributed by atoms with van der Waals surface area (Å²) in [5.41, 5.74) is 9.31. The summed E-state index contributed by atoms with van der Waals surface area (Å²) in [6.07, 6.45) is -0.468. The number of carbonyl (C=O) groups excluding carboxylic acids is 1. The van der Waals surface area contributed by atoms with Gasteiger partial charge in [0.2, 0.25) is 0 Å². The number of aromatic nitrogens is 2. The fraction of sp³-hybridized carbons (Fsp3) is 0.375. The lowest BCUT2D eigenvalue weighted by Crippen LogP contribution is -2.28. The molecule has 0 saturated heterocycles. The van der Waals surface area contributed by atoms with Crippen LogP contribution in [0.15, 0.2) is 24.3 Å². The molecule has 21 heavy (non-hydrogen) atoms. The van der Waals surface area contributed by atoms with Crippen molar-refractivity contribution in [3.63, 3.8) is 0 Å². The number of anilines is 1. The van der Waals surface area contributed by atoms with E-state index in [-0.39, 0.29) is 0 Å². The molecule has 112 valence electrons. The molecule has 1 aromatic heterocycles. The van der Waals surface area contributed by atoms with Crippen molar-refractivity contribution in [3.05, 3.63) is 35.7 Å². The molecule has 1 aromatic carbocycles. The van der Waals surface area contributed by atoms with Crippen LogP contribution >= 0.6 is 0 Å². The lowest BCUT2D eigenvalue weighted by Gasteiger charge is -2.19. The number of hydrogen-bond acceptors (Lipinski definition) is 4. The van der Waals surface area contributed by atoms with Crippen LogP contribution in [0, 0.1) is 13.8 Å². The number of aryl methyl sites for hydroxylation is 1. The normalized spacial score (nSPS) is 11.5. The highest BCUT2D eigenvalue weighted by Crippen LogP contribution is 2.28. The Balaban J connectivity index is 2.42. The second-order valence-electron chi connectivity index (χ2n) is 6.06. The van der Waals surface area contributed by atoms with Crippen LogP contribution in [0.2, 0.25) is 0 Å². The van der Waals surface area contributed by atoms with Gasteiger partial charge in [-0.1, -0.05) is 12.1 Å². The van der Waals surface area contributed by atoms with Gasteiger partial charge in [-0.3, -0.25) is 0 Å². The highest BCUT2D eigenvalue weighted by molar-refractivity contribution is 5.77. The standard InChI is InChI=1S/C16H21N3O2/c1-10-14(12-6-8-13(17)9-7-12)11(2)19(18-10)15(20)21-16(3,4)5/h6-9H,17H2,1-5H3. The van der Waals surface area contributed by atoms with E-state index in [1.165, 1.54) is 4.68 Å². The van der Waals surface area contributed by atoms with E-state index in [4.69, 9.17) is 10.5 Å². The number of benzene rings is 1. The first kappa shape index (κ1) is 15.1. The van der Waals surface area contributed by atoms with Crippen molar-refractivity contribution >= 4 is 11.8 Å². The van der Waals surface area contributed by atoms with Crippen molar-refractivity contribution in [2.75, 3.05) is 5.73 Å². The Labute approximate surface area is 124 Å². The molecule has 0 bridgehead atoms. The lowest BCUT2D eigenvalue weighted by atomic mass is 10.0. The number of hydrogen-bond donors (Lipinski definition) is 1. The summed E-state index contributed by atoms with van der Waals surface area (Å²) in [4.78, 5) is 12.2. The van der Waals surface area contributed by atoms with E-state index in [0.717, 1.165) is 22.5 Å². The minimum Gasteiger partial charge on any atom is -0.442 e. The first-order valence-electron chi connectivity index (χ1n) is 6.84. The fourth-order valence-electron chi connectivity index (χ4n) is 2.19. The Bertz CT molecular complexity index is 664. The van der Waals surface area contributed by atoms with Crippen LogP contribution in [-0.2, 0) is 4.74 Å². The zero-order valence-corrected chi connectivity index (χ0v) is 13.1. The van der Waals surface area contributed by atoms with Crippen molar-refractivity contribution in [3.8, 4) is 11.1 Å². The molecular formula is C16H21N3O2. The Morgan fingerprint density at radius 1 is 1.19 bits per heavy atom. The van der Waals surface area contributed by atoms with Gasteiger partial charge in [0.25, 0.3) is 0 Å². The first-order valence-corrected chi connectivity index (χ1v) is 6.84. The molecule has 5 nitrogen and oxygen atoms in total. The first-order chi connectivity index (χ1) is 9.69. The molecule has 0 aliphatic rings. The molecule has 0 amide bonds. The van der Waals surface area contributed by atoms with Crippen LogP contribution in [-0.4, -0.2) is 21.5 Å². The van der Waals surface area contributed by atoms with E-state index >= 15 is 0 Å². The van der Waals surface area contributed by atoms with Gasteiger partial charge >= 0.3 is 6.09 Å². The Kier molecular flexibility index (Phi) is 3.77. The molecule has 0 aliphatic carbocycles. The summed E-state index contributed by atoms with van der Waals surface area (Å²) in [6.45, 7) is 9.22. The summed E-state index contributed by atoms with van der Waals surface area (Å²) < 4.78 is 6.68. The quantitative estimate of drug-likeness (QED) is 0.814. The second-order valence-corrected chi connectivity index (χ2v) is 6.06. The molecule has 0 saturated carbocycles. The lowest BCUT2D eigenvalue weighted by molar-refractivity contribution is 0.0510. The average molecular weight is 287 g/mol. The Hall–Kier alpha value is -2.30. The predicted octanol–water partition coefficient (Wildman–Crippen LogP) is 3.53. The molecule has 0 radical (unpaired) electrons. The number of rotatable bonds is 1. The highest BCUT2D eigenvalue weighted by atomic mass is 16.6. The maximum Gasteiger partial charge on any atom is 0.435 e. The van der Waals surface area contributed by atoms with E-state index < -0.39 is 11.7 Å². The van der Waals surface area contributed by atoms with Gasteiger partial charge in [-0.15, -0.1) is 0 Å². The highest BCUT2D eigenvalue weighted by Gasteiger charge is 2.23. The maximum absolute atomic E-state index is 12.2. The summed E-state index contributed by atoms with van der Waals surface area (Å²) in [6, 6.07) is 7.51. The van der Waals surface area contributed by atoms with Crippen molar-refractivity contribution in [2.24, 2.45) is 0 Å². The maximum atomic E-state index is 12.2. The average Bonchev–Trinajstić information content (AvgIpc) is 2.64. The van der Waals surface area contributed by atoms with E-state index in [9.17, 15) is 4.79 Å². The minimum atomic E-state index is -0.551. The van der Waals surface area contributed by atoms with E-state index in [1.807, 2.05) is 58.9 Å². The van der Waals surface area contributed by atoms with Crippen molar-refractivity contribution in [2.45, 2.75) is 40.2 Å². The van der Waals surface area contributed by atoms with Gasteiger partial charge in [0.05, 0.1) is 11.4 Å². The van der Waals surface area contributed by atoms with Crippen molar-refractivity contribution < 1.29 is 9.53 Å².